The van der Waals surface area contributed by atoms with Gasteiger partial charge in [-0.25, -0.2) is 8.42 Å². The summed E-state index contributed by atoms with van der Waals surface area (Å²) in [6, 6.07) is 0. The van der Waals surface area contributed by atoms with E-state index in [1.807, 2.05) is 0 Å². The van der Waals surface area contributed by atoms with Gasteiger partial charge in [-0.3, -0.25) is 0 Å². The van der Waals surface area contributed by atoms with E-state index in [1.54, 1.807) is 4.90 Å². The van der Waals surface area contributed by atoms with Gasteiger partial charge in [0.05, 0.1) is 20.6 Å². The van der Waals surface area contributed by atoms with Crippen LogP contribution in [0.15, 0.2) is 0 Å². The van der Waals surface area contributed by atoms with Gasteiger partial charge in [0, 0.05) is 0 Å². The Kier molecular flexibility index (Phi) is 7.99. The first-order chi connectivity index (χ1) is 6.52. The third-order valence-electron chi connectivity index (χ3n) is 1.31. The minimum atomic E-state index is -6.09. The second-order valence-corrected chi connectivity index (χ2v) is 4.58. The van der Waals surface area contributed by atoms with Crippen LogP contribution < -0.4 is 4.90 Å². The van der Waals surface area contributed by atoms with Crippen LogP contribution in [0.2, 0.25) is 0 Å². The third-order valence-corrected chi connectivity index (χ3v) is 1.88. The van der Waals surface area contributed by atoms with E-state index in [1.165, 1.54) is 19.4 Å². The van der Waals surface area contributed by atoms with Crippen LogP contribution in [-0.2, 0) is 10.1 Å². The van der Waals surface area contributed by atoms with Crippen molar-refractivity contribution in [1.82, 2.24) is 0 Å². The Hall–Kier alpha value is -0.340. The Morgan fingerprint density at radius 1 is 1.27 bits per heavy atom. The van der Waals surface area contributed by atoms with E-state index in [2.05, 4.69) is 21.0 Å². The SMILES string of the molecule is CCCC[NH+](C)C.O=S(=O)([O-])C(F)(F)F. The fourth-order valence-electron chi connectivity index (χ4n) is 0.530. The lowest BCUT2D eigenvalue weighted by Crippen LogP contribution is -3.05. The number of halogens is 3. The van der Waals surface area contributed by atoms with E-state index in [9.17, 15) is 13.2 Å². The minimum Gasteiger partial charge on any atom is -0.741 e. The number of alkyl halides is 3. The maximum absolute atomic E-state index is 10.7. The summed E-state index contributed by atoms with van der Waals surface area (Å²) < 4.78 is 58.9. The zero-order chi connectivity index (χ0) is 12.7. The standard InChI is InChI=1S/C6H15N.CHF3O3S/c1-4-5-6-7(2)3;2-1(3,4)8(5,6)7/h4-6H2,1-3H3;(H,5,6,7). The molecule has 0 unspecified atom stereocenters. The monoisotopic (exact) mass is 251 g/mol. The van der Waals surface area contributed by atoms with E-state index >= 15 is 0 Å². The van der Waals surface area contributed by atoms with Gasteiger partial charge < -0.3 is 9.45 Å². The first-order valence-corrected chi connectivity index (χ1v) is 5.74. The van der Waals surface area contributed by atoms with Gasteiger partial charge in [-0.15, -0.1) is 0 Å². The summed E-state index contributed by atoms with van der Waals surface area (Å²) in [6.07, 6.45) is 2.69. The van der Waals surface area contributed by atoms with Crippen LogP contribution >= 0.6 is 0 Å². The lowest BCUT2D eigenvalue weighted by Gasteiger charge is -2.08. The van der Waals surface area contributed by atoms with E-state index < -0.39 is 15.6 Å². The number of quaternary nitrogens is 1. The largest absolute Gasteiger partial charge is 0.741 e. The van der Waals surface area contributed by atoms with Crippen LogP contribution in [0.25, 0.3) is 0 Å². The molecule has 94 valence electrons. The highest BCUT2D eigenvalue weighted by molar-refractivity contribution is 7.86. The van der Waals surface area contributed by atoms with Crippen molar-refractivity contribution in [3.05, 3.63) is 0 Å². The molecule has 0 atom stereocenters. The predicted octanol–water partition coefficient (Wildman–Crippen LogP) is -0.0176. The number of nitrogens with one attached hydrogen (secondary N) is 1. The van der Waals surface area contributed by atoms with Gasteiger partial charge in [0.2, 0.25) is 0 Å². The molecular weight excluding hydrogens is 235 g/mol. The molecule has 0 rings (SSSR count). The molecule has 4 nitrogen and oxygen atoms in total. The molecule has 0 aromatic carbocycles. The number of hydrogen-bond acceptors (Lipinski definition) is 3. The van der Waals surface area contributed by atoms with Crippen molar-refractivity contribution in [1.29, 1.82) is 0 Å². The Labute approximate surface area is 87.8 Å². The maximum Gasteiger partial charge on any atom is 0.485 e. The topological polar surface area (TPSA) is 61.6 Å². The third kappa shape index (κ3) is 11.6. The van der Waals surface area contributed by atoms with Crippen LogP contribution in [0, 0.1) is 0 Å². The summed E-state index contributed by atoms with van der Waals surface area (Å²) in [4.78, 5) is 1.56. The van der Waals surface area contributed by atoms with E-state index in [0.29, 0.717) is 0 Å². The van der Waals surface area contributed by atoms with Gasteiger partial charge in [0.1, 0.15) is 0 Å². The minimum absolute atomic E-state index is 1.32. The smallest absolute Gasteiger partial charge is 0.485 e. The quantitative estimate of drug-likeness (QED) is 0.566. The van der Waals surface area contributed by atoms with Crippen molar-refractivity contribution in [3.63, 3.8) is 0 Å². The Balaban J connectivity index is 0. The summed E-state index contributed by atoms with van der Waals surface area (Å²) in [5.41, 5.74) is -5.65. The molecule has 0 aromatic heterocycles. The van der Waals surface area contributed by atoms with Crippen LogP contribution in [-0.4, -0.2) is 39.1 Å². The molecule has 1 N–H and O–H groups in total. The Morgan fingerprint density at radius 2 is 1.60 bits per heavy atom. The summed E-state index contributed by atoms with van der Waals surface area (Å²) in [7, 11) is -1.71. The van der Waals surface area contributed by atoms with Crippen molar-refractivity contribution in [3.8, 4) is 0 Å². The first-order valence-electron chi connectivity index (χ1n) is 4.33. The highest BCUT2D eigenvalue weighted by Gasteiger charge is 2.36. The van der Waals surface area contributed by atoms with Gasteiger partial charge in [0.25, 0.3) is 0 Å². The molecule has 0 fully saturated rings. The highest BCUT2D eigenvalue weighted by atomic mass is 32.2. The molecule has 0 aliphatic heterocycles. The summed E-state index contributed by atoms with van der Waals surface area (Å²) >= 11 is 0. The maximum atomic E-state index is 10.7. The summed E-state index contributed by atoms with van der Waals surface area (Å²) in [5, 5.41) is 0. The van der Waals surface area contributed by atoms with E-state index in [4.69, 9.17) is 13.0 Å². The number of rotatable bonds is 3. The molecule has 0 saturated heterocycles. The molecule has 0 heterocycles. The van der Waals surface area contributed by atoms with Crippen LogP contribution in [0.4, 0.5) is 13.2 Å². The normalized spacial score (nSPS) is 12.3. The lowest BCUT2D eigenvalue weighted by molar-refractivity contribution is -0.858. The van der Waals surface area contributed by atoms with Crippen molar-refractivity contribution in [2.75, 3.05) is 20.6 Å². The average molecular weight is 251 g/mol. The number of hydrogen-bond donors (Lipinski definition) is 1. The van der Waals surface area contributed by atoms with Gasteiger partial charge in [-0.1, -0.05) is 13.3 Å². The van der Waals surface area contributed by atoms with Crippen molar-refractivity contribution >= 4 is 10.1 Å². The molecule has 0 saturated carbocycles. The van der Waals surface area contributed by atoms with Gasteiger partial charge in [-0.05, 0) is 6.42 Å². The van der Waals surface area contributed by atoms with Gasteiger partial charge in [-0.2, -0.15) is 13.2 Å². The number of unbranched alkanes of at least 4 members (excludes halogenated alkanes) is 1. The van der Waals surface area contributed by atoms with Crippen LogP contribution in [0.3, 0.4) is 0 Å². The molecular formula is C7H16F3NO3S. The van der Waals surface area contributed by atoms with Crippen molar-refractivity contribution < 1.29 is 31.0 Å². The zero-order valence-corrected chi connectivity index (χ0v) is 9.70. The van der Waals surface area contributed by atoms with Crippen molar-refractivity contribution in [2.24, 2.45) is 0 Å². The second kappa shape index (κ2) is 7.02. The predicted molar refractivity (Wildman–Crippen MR) is 48.3 cm³/mol. The Bertz CT molecular complexity index is 249. The molecule has 0 radical (unpaired) electrons. The second-order valence-electron chi connectivity index (χ2n) is 3.21. The zero-order valence-electron chi connectivity index (χ0n) is 8.89. The molecule has 0 amide bonds. The van der Waals surface area contributed by atoms with Gasteiger partial charge >= 0.3 is 5.51 Å². The van der Waals surface area contributed by atoms with Crippen LogP contribution in [0.1, 0.15) is 19.8 Å². The summed E-state index contributed by atoms with van der Waals surface area (Å²) in [6.45, 7) is 3.54. The highest BCUT2D eigenvalue weighted by Crippen LogP contribution is 2.20. The first kappa shape index (κ1) is 17.1. The molecule has 8 heteroatoms. The fourth-order valence-corrected chi connectivity index (χ4v) is 0.530. The van der Waals surface area contributed by atoms with Crippen molar-refractivity contribution in [2.45, 2.75) is 25.3 Å². The fraction of sp³-hybridized carbons (Fsp3) is 1.00. The van der Waals surface area contributed by atoms with E-state index in [0.717, 1.165) is 0 Å². The average Bonchev–Trinajstić information content (AvgIpc) is 1.98. The molecule has 0 aliphatic carbocycles. The molecule has 0 aliphatic rings. The van der Waals surface area contributed by atoms with Crippen LogP contribution in [0.5, 0.6) is 0 Å². The molecule has 0 spiro atoms. The lowest BCUT2D eigenvalue weighted by atomic mass is 10.3. The summed E-state index contributed by atoms with van der Waals surface area (Å²) in [5.74, 6) is 0. The molecule has 0 bridgehead atoms. The Morgan fingerprint density at radius 3 is 1.67 bits per heavy atom. The van der Waals surface area contributed by atoms with Gasteiger partial charge in [0.15, 0.2) is 10.1 Å². The van der Waals surface area contributed by atoms with E-state index in [-0.39, 0.29) is 0 Å². The molecule has 0 aromatic rings. The molecule has 15 heavy (non-hydrogen) atoms.